The molecule has 0 saturated carbocycles. The van der Waals surface area contributed by atoms with Crippen molar-refractivity contribution < 1.29 is 9.53 Å². The Morgan fingerprint density at radius 2 is 1.91 bits per heavy atom. The van der Waals surface area contributed by atoms with Gasteiger partial charge in [0.05, 0.1) is 18.8 Å². The molecule has 5 rings (SSSR count). The molecule has 0 radical (unpaired) electrons. The van der Waals surface area contributed by atoms with Crippen molar-refractivity contribution in [3.63, 3.8) is 0 Å². The number of nitrogens with zero attached hydrogens (tertiary/aromatic N) is 3. The highest BCUT2D eigenvalue weighted by Crippen LogP contribution is 2.23. The lowest BCUT2D eigenvalue weighted by atomic mass is 9.99. The third-order valence-electron chi connectivity index (χ3n) is 6.21. The van der Waals surface area contributed by atoms with E-state index in [4.69, 9.17) is 16.3 Å². The number of halogens is 1. The fourth-order valence-electron chi connectivity index (χ4n) is 4.29. The van der Waals surface area contributed by atoms with Gasteiger partial charge in [-0.05, 0) is 53.4 Å². The summed E-state index contributed by atoms with van der Waals surface area (Å²) in [6.07, 6.45) is 2.57. The third kappa shape index (κ3) is 5.34. The van der Waals surface area contributed by atoms with E-state index >= 15 is 0 Å². The summed E-state index contributed by atoms with van der Waals surface area (Å²) in [6.45, 7) is 2.84. The maximum Gasteiger partial charge on any atom is 0.271 e. The molecule has 1 amide bonds. The molecule has 4 aromatic rings. The summed E-state index contributed by atoms with van der Waals surface area (Å²) in [5.74, 6) is 0.427. The Hall–Kier alpha value is -3.74. The van der Waals surface area contributed by atoms with Crippen LogP contribution in [-0.4, -0.2) is 35.7 Å². The highest BCUT2D eigenvalue weighted by Gasteiger charge is 2.16. The van der Waals surface area contributed by atoms with Crippen molar-refractivity contribution in [2.75, 3.05) is 13.7 Å². The molecular weight excluding hydrogens is 460 g/mol. The predicted octanol–water partition coefficient (Wildman–Crippen LogP) is 5.22. The van der Waals surface area contributed by atoms with Crippen molar-refractivity contribution in [3.8, 4) is 5.75 Å². The number of benzene rings is 3. The molecule has 35 heavy (non-hydrogen) atoms. The number of ether oxygens (including phenoxy) is 1. The number of carbonyl (C=O) groups is 1. The molecule has 0 bridgehead atoms. The minimum atomic E-state index is -0.283. The summed E-state index contributed by atoms with van der Waals surface area (Å²) in [5.41, 5.74) is 8.47. The smallest absolute Gasteiger partial charge is 0.271 e. The number of hydrogen-bond donors (Lipinski definition) is 1. The molecule has 0 saturated heterocycles. The molecule has 6 nitrogen and oxygen atoms in total. The number of aromatic nitrogens is 1. The highest BCUT2D eigenvalue weighted by atomic mass is 35.5. The van der Waals surface area contributed by atoms with Gasteiger partial charge in [0.2, 0.25) is 0 Å². The second-order valence-electron chi connectivity index (χ2n) is 8.55. The van der Waals surface area contributed by atoms with Crippen molar-refractivity contribution in [1.82, 2.24) is 15.3 Å². The molecule has 0 spiro atoms. The number of carbonyl (C=O) groups excluding carboxylic acids is 1. The fraction of sp³-hybridized carbons (Fsp3) is 0.179. The third-order valence-corrected chi connectivity index (χ3v) is 6.51. The largest absolute Gasteiger partial charge is 0.497 e. The van der Waals surface area contributed by atoms with Crippen molar-refractivity contribution in [1.29, 1.82) is 0 Å². The van der Waals surface area contributed by atoms with E-state index in [1.165, 1.54) is 22.9 Å². The Kier molecular flexibility index (Phi) is 6.75. The molecule has 0 aliphatic carbocycles. The Labute approximate surface area is 209 Å². The van der Waals surface area contributed by atoms with Crippen LogP contribution in [0.2, 0.25) is 5.15 Å². The Morgan fingerprint density at radius 1 is 1.11 bits per heavy atom. The van der Waals surface area contributed by atoms with Gasteiger partial charge in [0.1, 0.15) is 10.9 Å². The lowest BCUT2D eigenvalue weighted by Gasteiger charge is -2.28. The normalized spacial score (nSPS) is 13.7. The number of rotatable bonds is 6. The molecule has 0 unspecified atom stereocenters. The van der Waals surface area contributed by atoms with Gasteiger partial charge in [-0.3, -0.25) is 9.69 Å². The molecule has 1 N–H and O–H groups in total. The number of methoxy groups -OCH3 is 1. The van der Waals surface area contributed by atoms with E-state index in [2.05, 4.69) is 44.7 Å². The number of hydrazone groups is 1. The molecule has 2 heterocycles. The van der Waals surface area contributed by atoms with Crippen LogP contribution in [0, 0.1) is 0 Å². The zero-order valence-electron chi connectivity index (χ0n) is 19.4. The summed E-state index contributed by atoms with van der Waals surface area (Å²) < 4.78 is 5.22. The number of nitrogens with one attached hydrogen (secondary N) is 1. The lowest BCUT2D eigenvalue weighted by molar-refractivity contribution is 0.0955. The van der Waals surface area contributed by atoms with Crippen molar-refractivity contribution >= 4 is 34.6 Å². The summed E-state index contributed by atoms with van der Waals surface area (Å²) >= 11 is 6.30. The standard InChI is InChI=1S/C28H25ClN4O2/c1-35-25-11-10-22-14-24(27(29)31-26(22)15-25)16-30-32-28(34)21-8-6-19(7-9-21)17-33-13-12-20-4-2-3-5-23(20)18-33/h2-11,14-16H,12-13,17-18H2,1H3,(H,32,34)/b30-16-. The van der Waals surface area contributed by atoms with E-state index in [0.717, 1.165) is 37.0 Å². The zero-order valence-corrected chi connectivity index (χ0v) is 20.1. The van der Waals surface area contributed by atoms with Gasteiger partial charge in [0.25, 0.3) is 5.91 Å². The van der Waals surface area contributed by atoms with Crippen LogP contribution in [0.25, 0.3) is 10.9 Å². The van der Waals surface area contributed by atoms with Crippen LogP contribution in [0.1, 0.15) is 32.6 Å². The number of hydrogen-bond acceptors (Lipinski definition) is 5. The Bertz CT molecular complexity index is 1400. The molecule has 1 aromatic heterocycles. The monoisotopic (exact) mass is 484 g/mol. The van der Waals surface area contributed by atoms with E-state index in [0.29, 0.717) is 22.0 Å². The number of amides is 1. The highest BCUT2D eigenvalue weighted by molar-refractivity contribution is 6.32. The quantitative estimate of drug-likeness (QED) is 0.231. The van der Waals surface area contributed by atoms with Gasteiger partial charge in [-0.1, -0.05) is 48.0 Å². The zero-order chi connectivity index (χ0) is 24.2. The van der Waals surface area contributed by atoms with Crippen LogP contribution in [0.15, 0.2) is 77.9 Å². The minimum absolute atomic E-state index is 0.283. The van der Waals surface area contributed by atoms with Gasteiger partial charge in [-0.2, -0.15) is 5.10 Å². The van der Waals surface area contributed by atoms with Crippen LogP contribution < -0.4 is 10.2 Å². The molecule has 3 aromatic carbocycles. The molecule has 176 valence electrons. The first-order chi connectivity index (χ1) is 17.1. The summed E-state index contributed by atoms with van der Waals surface area (Å²) in [4.78, 5) is 19.4. The van der Waals surface area contributed by atoms with E-state index in [-0.39, 0.29) is 5.91 Å². The van der Waals surface area contributed by atoms with Crippen LogP contribution in [0.5, 0.6) is 5.75 Å². The van der Waals surface area contributed by atoms with Crippen LogP contribution in [0.3, 0.4) is 0 Å². The predicted molar refractivity (Wildman–Crippen MR) is 139 cm³/mol. The lowest BCUT2D eigenvalue weighted by Crippen LogP contribution is -2.30. The minimum Gasteiger partial charge on any atom is -0.497 e. The Morgan fingerprint density at radius 3 is 2.71 bits per heavy atom. The van der Waals surface area contributed by atoms with E-state index in [1.54, 1.807) is 7.11 Å². The molecule has 1 aliphatic rings. The Balaban J connectivity index is 1.19. The van der Waals surface area contributed by atoms with Gasteiger partial charge >= 0.3 is 0 Å². The molecule has 1 aliphatic heterocycles. The van der Waals surface area contributed by atoms with Crippen molar-refractivity contribution in [3.05, 3.63) is 106 Å². The average Bonchev–Trinajstić information content (AvgIpc) is 2.89. The summed E-state index contributed by atoms with van der Waals surface area (Å²) in [6, 6.07) is 23.7. The first-order valence-corrected chi connectivity index (χ1v) is 11.8. The number of fused-ring (bicyclic) bond motifs is 2. The maximum atomic E-state index is 12.5. The SMILES string of the molecule is COc1ccc2cc(/C=N\NC(=O)c3ccc(CN4CCc5ccccc5C4)cc3)c(Cl)nc2c1. The second kappa shape index (κ2) is 10.3. The molecule has 7 heteroatoms. The van der Waals surface area contributed by atoms with E-state index < -0.39 is 0 Å². The van der Waals surface area contributed by atoms with Crippen molar-refractivity contribution in [2.45, 2.75) is 19.5 Å². The van der Waals surface area contributed by atoms with Gasteiger partial charge in [-0.25, -0.2) is 10.4 Å². The molecular formula is C28H25ClN4O2. The summed E-state index contributed by atoms with van der Waals surface area (Å²) in [5, 5.41) is 5.27. The van der Waals surface area contributed by atoms with E-state index in [9.17, 15) is 4.79 Å². The topological polar surface area (TPSA) is 66.8 Å². The van der Waals surface area contributed by atoms with Crippen LogP contribution in [-0.2, 0) is 19.5 Å². The number of pyridine rings is 1. The summed E-state index contributed by atoms with van der Waals surface area (Å²) in [7, 11) is 1.61. The van der Waals surface area contributed by atoms with Crippen LogP contribution in [0.4, 0.5) is 0 Å². The molecule has 0 fully saturated rings. The molecule has 0 atom stereocenters. The average molecular weight is 485 g/mol. The van der Waals surface area contributed by atoms with Crippen molar-refractivity contribution in [2.24, 2.45) is 5.10 Å². The van der Waals surface area contributed by atoms with Gasteiger partial charge in [-0.15, -0.1) is 0 Å². The van der Waals surface area contributed by atoms with Gasteiger partial charge < -0.3 is 4.74 Å². The first kappa shape index (κ1) is 23.0. The van der Waals surface area contributed by atoms with E-state index in [1.807, 2.05) is 48.5 Å². The second-order valence-corrected chi connectivity index (χ2v) is 8.91. The van der Waals surface area contributed by atoms with Gasteiger partial charge in [0.15, 0.2) is 0 Å². The maximum absolute atomic E-state index is 12.5. The van der Waals surface area contributed by atoms with Crippen LogP contribution >= 0.6 is 11.6 Å². The first-order valence-electron chi connectivity index (χ1n) is 11.4. The van der Waals surface area contributed by atoms with Gasteiger partial charge in [0, 0.05) is 42.2 Å². The fourth-order valence-corrected chi connectivity index (χ4v) is 4.49.